The third-order valence-corrected chi connectivity index (χ3v) is 3.82. The van der Waals surface area contributed by atoms with Crippen LogP contribution < -0.4 is 10.6 Å². The van der Waals surface area contributed by atoms with Gasteiger partial charge in [0.05, 0.1) is 23.4 Å². The zero-order chi connectivity index (χ0) is 18.4. The summed E-state index contributed by atoms with van der Waals surface area (Å²) in [5, 5.41) is 5.68. The van der Waals surface area contributed by atoms with Gasteiger partial charge >= 0.3 is 0 Å². The molecule has 0 saturated carbocycles. The topological polar surface area (TPSA) is 71.1 Å². The molecule has 130 valence electrons. The van der Waals surface area contributed by atoms with Crippen molar-refractivity contribution in [1.29, 1.82) is 0 Å². The molecule has 2 aromatic carbocycles. The van der Waals surface area contributed by atoms with E-state index in [0.717, 1.165) is 11.1 Å². The molecule has 2 amide bonds. The van der Waals surface area contributed by atoms with Gasteiger partial charge in [-0.3, -0.25) is 14.6 Å². The highest BCUT2D eigenvalue weighted by molar-refractivity contribution is 6.07. The summed E-state index contributed by atoms with van der Waals surface area (Å²) in [6.45, 7) is 1.99. The number of amides is 2. The second-order valence-electron chi connectivity index (χ2n) is 5.96. The quantitative estimate of drug-likeness (QED) is 0.738. The summed E-state index contributed by atoms with van der Waals surface area (Å²) in [4.78, 5) is 28.6. The number of hydrogen-bond donors (Lipinski definition) is 2. The van der Waals surface area contributed by atoms with E-state index in [9.17, 15) is 9.59 Å². The lowest BCUT2D eigenvalue weighted by atomic mass is 10.1. The van der Waals surface area contributed by atoms with Crippen LogP contribution in [0.4, 0.5) is 11.4 Å². The summed E-state index contributed by atoms with van der Waals surface area (Å²) >= 11 is 0. The van der Waals surface area contributed by atoms with Crippen molar-refractivity contribution in [3.05, 3.63) is 89.7 Å². The first kappa shape index (κ1) is 17.4. The predicted octanol–water partition coefficient (Wildman–Crippen LogP) is 3.82. The van der Waals surface area contributed by atoms with Crippen LogP contribution >= 0.6 is 0 Å². The van der Waals surface area contributed by atoms with Gasteiger partial charge in [-0.1, -0.05) is 42.0 Å². The Bertz CT molecular complexity index is 923. The molecule has 3 aromatic rings. The average molecular weight is 345 g/mol. The number of carbonyl (C=O) groups is 2. The highest BCUT2D eigenvalue weighted by atomic mass is 16.2. The molecule has 0 atom stereocenters. The number of nitrogens with one attached hydrogen (secondary N) is 2. The molecule has 1 aromatic heterocycles. The fourth-order valence-corrected chi connectivity index (χ4v) is 2.59. The molecule has 5 heteroatoms. The van der Waals surface area contributed by atoms with E-state index < -0.39 is 0 Å². The number of nitrogens with zero attached hydrogens (tertiary/aromatic N) is 1. The Morgan fingerprint density at radius 3 is 2.38 bits per heavy atom. The normalized spacial score (nSPS) is 10.2. The molecule has 0 spiro atoms. The summed E-state index contributed by atoms with van der Waals surface area (Å²) in [5.41, 5.74) is 3.61. The smallest absolute Gasteiger partial charge is 0.257 e. The lowest BCUT2D eigenvalue weighted by Crippen LogP contribution is -2.18. The van der Waals surface area contributed by atoms with E-state index in [1.54, 1.807) is 36.5 Å². The van der Waals surface area contributed by atoms with Crippen LogP contribution in [-0.2, 0) is 11.2 Å². The van der Waals surface area contributed by atoms with Crippen molar-refractivity contribution in [2.24, 2.45) is 0 Å². The van der Waals surface area contributed by atoms with Gasteiger partial charge in [-0.2, -0.15) is 0 Å². The molecule has 0 saturated heterocycles. The Morgan fingerprint density at radius 1 is 0.923 bits per heavy atom. The molecule has 0 aliphatic rings. The fraction of sp³-hybridized carbons (Fsp3) is 0.0952. The average Bonchev–Trinajstić information content (AvgIpc) is 2.64. The molecular weight excluding hydrogens is 326 g/mol. The van der Waals surface area contributed by atoms with Gasteiger partial charge in [0.1, 0.15) is 0 Å². The predicted molar refractivity (Wildman–Crippen MR) is 102 cm³/mol. The Labute approximate surface area is 152 Å². The van der Waals surface area contributed by atoms with E-state index in [4.69, 9.17) is 0 Å². The van der Waals surface area contributed by atoms with Crippen LogP contribution in [0.25, 0.3) is 0 Å². The van der Waals surface area contributed by atoms with Gasteiger partial charge in [0.15, 0.2) is 0 Å². The first-order valence-corrected chi connectivity index (χ1v) is 8.27. The van der Waals surface area contributed by atoms with Crippen LogP contribution in [-0.4, -0.2) is 16.8 Å². The Balaban J connectivity index is 1.71. The van der Waals surface area contributed by atoms with Crippen LogP contribution in [0.1, 0.15) is 21.5 Å². The minimum atomic E-state index is -0.279. The van der Waals surface area contributed by atoms with Gasteiger partial charge in [0, 0.05) is 12.4 Å². The lowest BCUT2D eigenvalue weighted by Gasteiger charge is -2.12. The van der Waals surface area contributed by atoms with Crippen molar-refractivity contribution in [2.45, 2.75) is 13.3 Å². The Morgan fingerprint density at radius 2 is 1.69 bits per heavy atom. The van der Waals surface area contributed by atoms with E-state index in [2.05, 4.69) is 15.6 Å². The van der Waals surface area contributed by atoms with Crippen molar-refractivity contribution in [2.75, 3.05) is 10.6 Å². The van der Waals surface area contributed by atoms with Crippen LogP contribution in [0.2, 0.25) is 0 Å². The number of carbonyl (C=O) groups excluding carboxylic acids is 2. The number of anilines is 2. The fourth-order valence-electron chi connectivity index (χ4n) is 2.59. The van der Waals surface area contributed by atoms with Crippen molar-refractivity contribution in [3.63, 3.8) is 0 Å². The molecule has 0 aliphatic heterocycles. The molecular formula is C21H19N3O2. The molecule has 0 bridgehead atoms. The number of rotatable bonds is 5. The van der Waals surface area contributed by atoms with Gasteiger partial charge in [-0.15, -0.1) is 0 Å². The maximum Gasteiger partial charge on any atom is 0.257 e. The molecule has 1 heterocycles. The van der Waals surface area contributed by atoms with Crippen molar-refractivity contribution >= 4 is 23.2 Å². The minimum Gasteiger partial charge on any atom is -0.324 e. The Kier molecular flexibility index (Phi) is 5.39. The van der Waals surface area contributed by atoms with Crippen molar-refractivity contribution < 1.29 is 9.59 Å². The van der Waals surface area contributed by atoms with Crippen LogP contribution in [0, 0.1) is 6.92 Å². The third kappa shape index (κ3) is 4.54. The molecule has 0 fully saturated rings. The largest absolute Gasteiger partial charge is 0.324 e. The zero-order valence-electron chi connectivity index (χ0n) is 14.4. The Hall–Kier alpha value is -3.47. The molecule has 0 unspecified atom stereocenters. The molecule has 5 nitrogen and oxygen atoms in total. The lowest BCUT2D eigenvalue weighted by molar-refractivity contribution is -0.115. The molecule has 0 radical (unpaired) electrons. The first-order valence-electron chi connectivity index (χ1n) is 8.27. The minimum absolute atomic E-state index is 0.140. The summed E-state index contributed by atoms with van der Waals surface area (Å²) < 4.78 is 0. The second kappa shape index (κ2) is 8.07. The van der Waals surface area contributed by atoms with Crippen LogP contribution in [0.3, 0.4) is 0 Å². The summed E-state index contributed by atoms with van der Waals surface area (Å²) in [6.07, 6.45) is 3.37. The summed E-state index contributed by atoms with van der Waals surface area (Å²) in [5.74, 6) is -0.419. The van der Waals surface area contributed by atoms with Gasteiger partial charge in [0.2, 0.25) is 5.91 Å². The van der Waals surface area contributed by atoms with Crippen molar-refractivity contribution in [1.82, 2.24) is 4.98 Å². The first-order chi connectivity index (χ1) is 12.6. The molecule has 0 aliphatic carbocycles. The molecule has 2 N–H and O–H groups in total. The standard InChI is InChI=1S/C21H19N3O2/c1-15-6-4-7-16(12-15)13-20(25)23-18-9-2-3-10-19(18)24-21(26)17-8-5-11-22-14-17/h2-12,14H,13H2,1H3,(H,23,25)(H,24,26). The van der Waals surface area contributed by atoms with E-state index in [-0.39, 0.29) is 18.2 Å². The van der Waals surface area contributed by atoms with E-state index >= 15 is 0 Å². The zero-order valence-corrected chi connectivity index (χ0v) is 14.4. The molecule has 26 heavy (non-hydrogen) atoms. The van der Waals surface area contributed by atoms with Gasteiger partial charge < -0.3 is 10.6 Å². The van der Waals surface area contributed by atoms with Crippen molar-refractivity contribution in [3.8, 4) is 0 Å². The number of aromatic nitrogens is 1. The van der Waals surface area contributed by atoms with E-state index in [1.165, 1.54) is 6.20 Å². The highest BCUT2D eigenvalue weighted by Gasteiger charge is 2.11. The van der Waals surface area contributed by atoms with E-state index in [1.807, 2.05) is 37.3 Å². The number of aryl methyl sites for hydroxylation is 1. The van der Waals surface area contributed by atoms with Gasteiger partial charge in [-0.05, 0) is 36.8 Å². The highest BCUT2D eigenvalue weighted by Crippen LogP contribution is 2.22. The summed E-state index contributed by atoms with van der Waals surface area (Å²) in [6, 6.07) is 18.3. The number of hydrogen-bond acceptors (Lipinski definition) is 3. The SMILES string of the molecule is Cc1cccc(CC(=O)Nc2ccccc2NC(=O)c2cccnc2)c1. The second-order valence-corrected chi connectivity index (χ2v) is 5.96. The monoisotopic (exact) mass is 345 g/mol. The maximum atomic E-state index is 12.4. The molecule has 3 rings (SSSR count). The summed E-state index contributed by atoms with van der Waals surface area (Å²) in [7, 11) is 0. The maximum absolute atomic E-state index is 12.4. The van der Waals surface area contributed by atoms with Crippen LogP contribution in [0.15, 0.2) is 73.1 Å². The number of pyridine rings is 1. The van der Waals surface area contributed by atoms with Gasteiger partial charge in [-0.25, -0.2) is 0 Å². The number of benzene rings is 2. The number of para-hydroxylation sites is 2. The van der Waals surface area contributed by atoms with Gasteiger partial charge in [0.25, 0.3) is 5.91 Å². The van der Waals surface area contributed by atoms with Crippen LogP contribution in [0.5, 0.6) is 0 Å². The third-order valence-electron chi connectivity index (χ3n) is 3.82. The van der Waals surface area contributed by atoms with E-state index in [0.29, 0.717) is 16.9 Å².